The third-order valence-corrected chi connectivity index (χ3v) is 3.12. The zero-order chi connectivity index (χ0) is 15.0. The summed E-state index contributed by atoms with van der Waals surface area (Å²) in [6.07, 6.45) is 0.170. The molecule has 114 valence electrons. The summed E-state index contributed by atoms with van der Waals surface area (Å²) in [5.41, 5.74) is 3.69. The number of ether oxygens (including phenoxy) is 3. The van der Waals surface area contributed by atoms with E-state index in [9.17, 15) is 0 Å². The highest BCUT2D eigenvalue weighted by Gasteiger charge is 2.23. The molecule has 0 saturated carbocycles. The summed E-state index contributed by atoms with van der Waals surface area (Å²) >= 11 is 6.03. The molecule has 0 bridgehead atoms. The first-order valence-corrected chi connectivity index (χ1v) is 7.05. The summed E-state index contributed by atoms with van der Waals surface area (Å²) in [7, 11) is 1.63. The number of benzene rings is 1. The third-order valence-electron chi connectivity index (χ3n) is 2.89. The number of nitrogens with one attached hydrogen (secondary N) is 1. The van der Waals surface area contributed by atoms with Gasteiger partial charge in [-0.2, -0.15) is 0 Å². The van der Waals surface area contributed by atoms with Crippen LogP contribution in [0.1, 0.15) is 19.4 Å². The van der Waals surface area contributed by atoms with Gasteiger partial charge >= 0.3 is 0 Å². The van der Waals surface area contributed by atoms with Crippen molar-refractivity contribution < 1.29 is 14.2 Å². The van der Waals surface area contributed by atoms with Gasteiger partial charge in [0.15, 0.2) is 6.29 Å². The monoisotopic (exact) mass is 302 g/mol. The first kappa shape index (κ1) is 17.2. The normalized spacial score (nSPS) is 12.7. The Morgan fingerprint density at radius 2 is 1.90 bits per heavy atom. The van der Waals surface area contributed by atoms with Gasteiger partial charge < -0.3 is 14.2 Å². The van der Waals surface area contributed by atoms with Crippen LogP contribution >= 0.6 is 11.6 Å². The molecule has 0 heterocycles. The molecule has 1 rings (SSSR count). The summed E-state index contributed by atoms with van der Waals surface area (Å²) in [4.78, 5) is 0. The molecule has 0 radical (unpaired) electrons. The second-order valence-electron chi connectivity index (χ2n) is 4.21. The van der Waals surface area contributed by atoms with Gasteiger partial charge in [-0.3, -0.25) is 11.3 Å². The van der Waals surface area contributed by atoms with Gasteiger partial charge in [0.05, 0.1) is 13.2 Å². The average molecular weight is 303 g/mol. The molecular formula is C14H23ClN2O3. The predicted octanol–water partition coefficient (Wildman–Crippen LogP) is 2.12. The first-order valence-electron chi connectivity index (χ1n) is 6.67. The van der Waals surface area contributed by atoms with Gasteiger partial charge in [0.2, 0.25) is 0 Å². The van der Waals surface area contributed by atoms with Crippen molar-refractivity contribution in [2.24, 2.45) is 5.84 Å². The van der Waals surface area contributed by atoms with Crippen molar-refractivity contribution in [3.8, 4) is 5.75 Å². The van der Waals surface area contributed by atoms with Crippen molar-refractivity contribution in [1.82, 2.24) is 5.43 Å². The van der Waals surface area contributed by atoms with E-state index in [0.717, 1.165) is 11.3 Å². The molecule has 1 aromatic carbocycles. The highest BCUT2D eigenvalue weighted by Crippen LogP contribution is 2.24. The van der Waals surface area contributed by atoms with Gasteiger partial charge in [0.1, 0.15) is 5.75 Å². The molecule has 0 aromatic heterocycles. The number of halogens is 1. The van der Waals surface area contributed by atoms with Crippen LogP contribution in [0.5, 0.6) is 5.75 Å². The van der Waals surface area contributed by atoms with E-state index in [1.165, 1.54) is 0 Å². The van der Waals surface area contributed by atoms with Crippen LogP contribution in [0, 0.1) is 0 Å². The van der Waals surface area contributed by atoms with E-state index >= 15 is 0 Å². The van der Waals surface area contributed by atoms with Crippen molar-refractivity contribution in [3.63, 3.8) is 0 Å². The quantitative estimate of drug-likeness (QED) is 0.415. The van der Waals surface area contributed by atoms with Crippen LogP contribution in [0.25, 0.3) is 0 Å². The summed E-state index contributed by atoms with van der Waals surface area (Å²) in [6.45, 7) is 4.93. The van der Waals surface area contributed by atoms with Gasteiger partial charge in [0, 0.05) is 18.2 Å². The summed E-state index contributed by atoms with van der Waals surface area (Å²) in [5, 5.41) is 0.654. The van der Waals surface area contributed by atoms with E-state index in [2.05, 4.69) is 5.43 Å². The molecule has 0 aliphatic heterocycles. The van der Waals surface area contributed by atoms with Crippen LogP contribution in [-0.2, 0) is 15.9 Å². The maximum atomic E-state index is 6.03. The largest absolute Gasteiger partial charge is 0.496 e. The number of hydrazine groups is 1. The van der Waals surface area contributed by atoms with E-state index in [1.807, 2.05) is 26.0 Å². The predicted molar refractivity (Wildman–Crippen MR) is 79.9 cm³/mol. The molecule has 0 amide bonds. The SMILES string of the molecule is CCOC(OCC)C(Cc1cc(Cl)ccc1OC)NN. The zero-order valence-corrected chi connectivity index (χ0v) is 12.9. The molecule has 0 spiro atoms. The van der Waals surface area contributed by atoms with Crippen molar-refractivity contribution in [3.05, 3.63) is 28.8 Å². The van der Waals surface area contributed by atoms with Crippen LogP contribution in [-0.4, -0.2) is 32.7 Å². The molecule has 0 fully saturated rings. The Morgan fingerprint density at radius 1 is 1.25 bits per heavy atom. The molecule has 0 aliphatic carbocycles. The average Bonchev–Trinajstić information content (AvgIpc) is 2.45. The Bertz CT molecular complexity index is 398. The van der Waals surface area contributed by atoms with Crippen LogP contribution in [0.15, 0.2) is 18.2 Å². The van der Waals surface area contributed by atoms with Gasteiger partial charge in [-0.05, 0) is 44.0 Å². The summed E-state index contributed by atoms with van der Waals surface area (Å²) in [6, 6.07) is 5.29. The van der Waals surface area contributed by atoms with E-state index < -0.39 is 6.29 Å². The molecule has 3 N–H and O–H groups in total. The zero-order valence-electron chi connectivity index (χ0n) is 12.2. The van der Waals surface area contributed by atoms with Gasteiger partial charge in [0.25, 0.3) is 0 Å². The Balaban J connectivity index is 2.88. The lowest BCUT2D eigenvalue weighted by molar-refractivity contribution is -0.153. The lowest BCUT2D eigenvalue weighted by Gasteiger charge is -2.26. The van der Waals surface area contributed by atoms with Gasteiger partial charge in [-0.15, -0.1) is 0 Å². The highest BCUT2D eigenvalue weighted by molar-refractivity contribution is 6.30. The number of hydrogen-bond acceptors (Lipinski definition) is 5. The maximum absolute atomic E-state index is 6.03. The Hall–Kier alpha value is -0.850. The van der Waals surface area contributed by atoms with Crippen LogP contribution < -0.4 is 16.0 Å². The molecule has 1 atom stereocenters. The second-order valence-corrected chi connectivity index (χ2v) is 4.65. The van der Waals surface area contributed by atoms with Crippen molar-refractivity contribution in [2.45, 2.75) is 32.6 Å². The van der Waals surface area contributed by atoms with E-state index in [4.69, 9.17) is 31.7 Å². The minimum atomic E-state index is -0.418. The Kier molecular flexibility index (Phi) is 7.87. The van der Waals surface area contributed by atoms with E-state index in [0.29, 0.717) is 24.7 Å². The van der Waals surface area contributed by atoms with Crippen LogP contribution in [0.2, 0.25) is 5.02 Å². The Morgan fingerprint density at radius 3 is 2.40 bits per heavy atom. The number of methoxy groups -OCH3 is 1. The molecular weight excluding hydrogens is 280 g/mol. The number of nitrogens with two attached hydrogens (primary N) is 1. The molecule has 1 aromatic rings. The van der Waals surface area contributed by atoms with Gasteiger partial charge in [-0.1, -0.05) is 11.6 Å². The van der Waals surface area contributed by atoms with Crippen LogP contribution in [0.3, 0.4) is 0 Å². The van der Waals surface area contributed by atoms with E-state index in [1.54, 1.807) is 13.2 Å². The first-order chi connectivity index (χ1) is 9.65. The fourth-order valence-corrected chi connectivity index (χ4v) is 2.18. The van der Waals surface area contributed by atoms with E-state index in [-0.39, 0.29) is 6.04 Å². The molecule has 0 saturated heterocycles. The minimum absolute atomic E-state index is 0.192. The standard InChI is InChI=1S/C14H23ClN2O3/c1-4-19-14(20-5-2)12(17-16)9-10-8-11(15)6-7-13(10)18-3/h6-8,12,14,17H,4-5,9,16H2,1-3H3. The fourth-order valence-electron chi connectivity index (χ4n) is 1.99. The lowest BCUT2D eigenvalue weighted by atomic mass is 10.0. The van der Waals surface area contributed by atoms with Gasteiger partial charge in [-0.25, -0.2) is 0 Å². The Labute approximate surface area is 125 Å². The van der Waals surface area contributed by atoms with Crippen LogP contribution in [0.4, 0.5) is 0 Å². The summed E-state index contributed by atoms with van der Waals surface area (Å²) in [5.74, 6) is 6.39. The number of hydrogen-bond donors (Lipinski definition) is 2. The maximum Gasteiger partial charge on any atom is 0.174 e. The van der Waals surface area contributed by atoms with Crippen molar-refractivity contribution in [2.75, 3.05) is 20.3 Å². The molecule has 1 unspecified atom stereocenters. The van der Waals surface area contributed by atoms with Crippen molar-refractivity contribution >= 4 is 11.6 Å². The smallest absolute Gasteiger partial charge is 0.174 e. The summed E-state index contributed by atoms with van der Waals surface area (Å²) < 4.78 is 16.5. The topological polar surface area (TPSA) is 65.7 Å². The fraction of sp³-hybridized carbons (Fsp3) is 0.571. The second kappa shape index (κ2) is 9.15. The molecule has 6 heteroatoms. The minimum Gasteiger partial charge on any atom is -0.496 e. The van der Waals surface area contributed by atoms with Crippen molar-refractivity contribution in [1.29, 1.82) is 0 Å². The molecule has 5 nitrogen and oxygen atoms in total. The molecule has 20 heavy (non-hydrogen) atoms. The molecule has 0 aliphatic rings. The third kappa shape index (κ3) is 4.92. The lowest BCUT2D eigenvalue weighted by Crippen LogP contribution is -2.48. The highest BCUT2D eigenvalue weighted by atomic mass is 35.5. The number of rotatable bonds is 9.